The third-order valence-corrected chi connectivity index (χ3v) is 7.70. The van der Waals surface area contributed by atoms with E-state index in [4.69, 9.17) is 25.7 Å². The molecule has 0 atom stereocenters. The number of carboxylic acids is 1. The van der Waals surface area contributed by atoms with Crippen LogP contribution in [-0.4, -0.2) is 45.5 Å². The van der Waals surface area contributed by atoms with Crippen LogP contribution in [0.1, 0.15) is 21.5 Å². The zero-order valence-electron chi connectivity index (χ0n) is 22.3. The maximum absolute atomic E-state index is 12.9. The first-order valence-electron chi connectivity index (χ1n) is 12.6. The summed E-state index contributed by atoms with van der Waals surface area (Å²) in [5.74, 6) is -0.146. The summed E-state index contributed by atoms with van der Waals surface area (Å²) in [5.41, 5.74) is 8.63. The number of benzene rings is 4. The van der Waals surface area contributed by atoms with Crippen LogP contribution >= 0.6 is 0 Å². The van der Waals surface area contributed by atoms with Crippen LogP contribution in [0.2, 0.25) is 0 Å². The summed E-state index contributed by atoms with van der Waals surface area (Å²) >= 11 is 0. The predicted octanol–water partition coefficient (Wildman–Crippen LogP) is 4.37. The molecular weight excluding hydrogens is 544 g/mol. The molecule has 0 aliphatic heterocycles. The molecule has 5 N–H and O–H groups in total. The van der Waals surface area contributed by atoms with Gasteiger partial charge < -0.3 is 25.2 Å². The normalized spacial score (nSPS) is 11.0. The number of methoxy groups -OCH3 is 1. The maximum atomic E-state index is 12.9. The number of aromatic carboxylic acids is 1. The van der Waals surface area contributed by atoms with Crippen molar-refractivity contribution < 1.29 is 27.8 Å². The molecular formula is C30H30N4O6S. The number of nitrogens with zero attached hydrogens (tertiary/aromatic N) is 1. The van der Waals surface area contributed by atoms with Gasteiger partial charge in [0.05, 0.1) is 17.6 Å². The molecule has 41 heavy (non-hydrogen) atoms. The van der Waals surface area contributed by atoms with Crippen LogP contribution < -0.4 is 24.8 Å². The Balaban J connectivity index is 1.56. The summed E-state index contributed by atoms with van der Waals surface area (Å²) in [6.07, 6.45) is 0. The number of nitrogens with two attached hydrogens (primary N) is 1. The molecule has 11 heteroatoms. The van der Waals surface area contributed by atoms with E-state index in [2.05, 4.69) is 4.72 Å². The lowest BCUT2D eigenvalue weighted by Crippen LogP contribution is -2.33. The molecule has 10 nitrogen and oxygen atoms in total. The Morgan fingerprint density at radius 3 is 2.15 bits per heavy atom. The van der Waals surface area contributed by atoms with Crippen molar-refractivity contribution in [1.82, 2.24) is 4.72 Å². The van der Waals surface area contributed by atoms with E-state index in [1.54, 1.807) is 43.5 Å². The Bertz CT molecular complexity index is 1610. The van der Waals surface area contributed by atoms with E-state index in [9.17, 15) is 13.2 Å². The van der Waals surface area contributed by atoms with Crippen molar-refractivity contribution in [3.8, 4) is 11.5 Å². The van der Waals surface area contributed by atoms with Crippen LogP contribution in [0.15, 0.2) is 102 Å². The second kappa shape index (κ2) is 13.0. The molecule has 0 aliphatic rings. The number of hydrogen-bond acceptors (Lipinski definition) is 7. The average Bonchev–Trinajstić information content (AvgIpc) is 2.99. The van der Waals surface area contributed by atoms with Gasteiger partial charge in [0.25, 0.3) is 0 Å². The molecule has 0 fully saturated rings. The zero-order chi connectivity index (χ0) is 29.4. The first kappa shape index (κ1) is 29.1. The summed E-state index contributed by atoms with van der Waals surface area (Å²) in [7, 11) is -2.35. The highest BCUT2D eigenvalue weighted by molar-refractivity contribution is 7.89. The molecule has 4 rings (SSSR count). The molecule has 0 heterocycles. The number of nitrogen functional groups attached to an aromatic ring is 1. The van der Waals surface area contributed by atoms with E-state index in [0.717, 1.165) is 16.9 Å². The minimum atomic E-state index is -3.89. The lowest BCUT2D eigenvalue weighted by molar-refractivity contribution is 0.0696. The van der Waals surface area contributed by atoms with Crippen molar-refractivity contribution in [2.24, 2.45) is 5.73 Å². The number of sulfonamides is 1. The third-order valence-electron chi connectivity index (χ3n) is 6.23. The average molecular weight is 575 g/mol. The monoisotopic (exact) mass is 574 g/mol. The fourth-order valence-corrected chi connectivity index (χ4v) is 5.08. The highest BCUT2D eigenvalue weighted by Crippen LogP contribution is 2.35. The van der Waals surface area contributed by atoms with E-state index in [1.807, 2.05) is 41.3 Å². The highest BCUT2D eigenvalue weighted by atomic mass is 32.2. The molecule has 0 radical (unpaired) electrons. The molecule has 0 saturated heterocycles. The largest absolute Gasteiger partial charge is 0.493 e. The van der Waals surface area contributed by atoms with Gasteiger partial charge in [0.2, 0.25) is 10.0 Å². The first-order chi connectivity index (χ1) is 19.7. The number of amidine groups is 1. The number of anilines is 2. The Morgan fingerprint density at radius 1 is 0.902 bits per heavy atom. The van der Waals surface area contributed by atoms with Crippen molar-refractivity contribution >= 4 is 33.2 Å². The van der Waals surface area contributed by atoms with Crippen LogP contribution in [-0.2, 0) is 16.6 Å². The number of hydrogen-bond donors (Lipinski definition) is 4. The van der Waals surface area contributed by atoms with Crippen LogP contribution in [0, 0.1) is 5.41 Å². The van der Waals surface area contributed by atoms with Gasteiger partial charge in [-0.05, 0) is 66.2 Å². The molecule has 0 saturated carbocycles. The quantitative estimate of drug-likeness (QED) is 0.136. The molecule has 0 bridgehead atoms. The molecule has 0 aliphatic carbocycles. The SMILES string of the molecule is COc1cc(N(CCNS(=O)(=O)c2ccc(C(=O)O)cc2)c2ccc(C(=N)N)cc2)ccc1OCc1ccccc1. The Kier molecular flexibility index (Phi) is 9.23. The standard InChI is InChI=1S/C30H30N4O6S/c1-39-28-19-25(13-16-27(28)40-20-21-5-3-2-4-6-21)34(24-11-7-22(8-12-24)29(31)32)18-17-33-41(37,38)26-14-9-23(10-15-26)30(35)36/h2-16,19,33H,17-18,20H2,1H3,(H3,31,32)(H,35,36). The molecule has 0 spiro atoms. The number of carboxylic acid groups (broad SMARTS) is 1. The second-order valence-corrected chi connectivity index (χ2v) is 10.7. The number of rotatable bonds is 13. The van der Waals surface area contributed by atoms with Gasteiger partial charge in [-0.25, -0.2) is 17.9 Å². The maximum Gasteiger partial charge on any atom is 0.335 e. The Morgan fingerprint density at radius 2 is 1.54 bits per heavy atom. The summed E-state index contributed by atoms with van der Waals surface area (Å²) in [5, 5.41) is 16.8. The van der Waals surface area contributed by atoms with Crippen LogP contribution in [0.25, 0.3) is 0 Å². The topological polar surface area (TPSA) is 155 Å². The molecule has 0 unspecified atom stereocenters. The lowest BCUT2D eigenvalue weighted by Gasteiger charge is -2.26. The van der Waals surface area contributed by atoms with Gasteiger partial charge in [-0.15, -0.1) is 0 Å². The molecule has 0 aromatic heterocycles. The molecule has 4 aromatic carbocycles. The summed E-state index contributed by atoms with van der Waals surface area (Å²) in [6, 6.07) is 27.2. The van der Waals surface area contributed by atoms with E-state index in [-0.39, 0.29) is 29.4 Å². The Labute approximate surface area is 238 Å². The molecule has 4 aromatic rings. The molecule has 212 valence electrons. The highest BCUT2D eigenvalue weighted by Gasteiger charge is 2.18. The van der Waals surface area contributed by atoms with Crippen LogP contribution in [0.4, 0.5) is 11.4 Å². The smallest absolute Gasteiger partial charge is 0.335 e. The van der Waals surface area contributed by atoms with Crippen LogP contribution in [0.3, 0.4) is 0 Å². The van der Waals surface area contributed by atoms with E-state index < -0.39 is 16.0 Å². The fourth-order valence-electron chi connectivity index (χ4n) is 4.06. The number of nitrogens with one attached hydrogen (secondary N) is 2. The number of carbonyl (C=O) groups is 1. The van der Waals surface area contributed by atoms with Crippen molar-refractivity contribution in [2.45, 2.75) is 11.5 Å². The van der Waals surface area contributed by atoms with Crippen molar-refractivity contribution in [3.63, 3.8) is 0 Å². The van der Waals surface area contributed by atoms with Gasteiger partial charge >= 0.3 is 5.97 Å². The predicted molar refractivity (Wildman–Crippen MR) is 157 cm³/mol. The zero-order valence-corrected chi connectivity index (χ0v) is 23.1. The lowest BCUT2D eigenvalue weighted by atomic mass is 10.1. The van der Waals surface area contributed by atoms with Crippen molar-refractivity contribution in [3.05, 3.63) is 114 Å². The van der Waals surface area contributed by atoms with Crippen molar-refractivity contribution in [2.75, 3.05) is 25.1 Å². The summed E-state index contributed by atoms with van der Waals surface area (Å²) in [4.78, 5) is 13.0. The van der Waals surface area contributed by atoms with Gasteiger partial charge in [-0.3, -0.25) is 5.41 Å². The van der Waals surface area contributed by atoms with E-state index >= 15 is 0 Å². The second-order valence-electron chi connectivity index (χ2n) is 8.95. The fraction of sp³-hybridized carbons (Fsp3) is 0.133. The van der Waals surface area contributed by atoms with E-state index in [0.29, 0.717) is 23.7 Å². The summed E-state index contributed by atoms with van der Waals surface area (Å²) in [6.45, 7) is 0.632. The van der Waals surface area contributed by atoms with Gasteiger partial charge in [0, 0.05) is 36.1 Å². The summed E-state index contributed by atoms with van der Waals surface area (Å²) < 4.78 is 39.9. The number of ether oxygens (including phenoxy) is 2. The van der Waals surface area contributed by atoms with Gasteiger partial charge in [-0.2, -0.15) is 0 Å². The third kappa shape index (κ3) is 7.41. The van der Waals surface area contributed by atoms with E-state index in [1.165, 1.54) is 24.3 Å². The minimum absolute atomic E-state index is 0.00530. The van der Waals surface area contributed by atoms with Gasteiger partial charge in [-0.1, -0.05) is 30.3 Å². The van der Waals surface area contributed by atoms with Crippen molar-refractivity contribution in [1.29, 1.82) is 5.41 Å². The minimum Gasteiger partial charge on any atom is -0.493 e. The molecule has 0 amide bonds. The van der Waals surface area contributed by atoms with Gasteiger partial charge in [0.15, 0.2) is 11.5 Å². The van der Waals surface area contributed by atoms with Gasteiger partial charge in [0.1, 0.15) is 12.4 Å². The van der Waals surface area contributed by atoms with Crippen LogP contribution in [0.5, 0.6) is 11.5 Å². The Hall–Kier alpha value is -4.87. The first-order valence-corrected chi connectivity index (χ1v) is 14.1.